The minimum atomic E-state index is -0.919. The van der Waals surface area contributed by atoms with Crippen LogP contribution < -0.4 is 16.0 Å². The summed E-state index contributed by atoms with van der Waals surface area (Å²) in [5.74, 6) is -0.737. The third-order valence-electron chi connectivity index (χ3n) is 7.64. The van der Waals surface area contributed by atoms with Crippen molar-refractivity contribution in [2.24, 2.45) is 0 Å². The van der Waals surface area contributed by atoms with Crippen molar-refractivity contribution in [1.29, 1.82) is 0 Å². The lowest BCUT2D eigenvalue weighted by Gasteiger charge is -2.41. The minimum Gasteiger partial charge on any atom is -0.378 e. The van der Waals surface area contributed by atoms with Crippen LogP contribution in [0.3, 0.4) is 0 Å². The average molecular weight is 589 g/mol. The first-order chi connectivity index (χ1) is 20.5. The van der Waals surface area contributed by atoms with E-state index in [2.05, 4.69) is 20.9 Å². The van der Waals surface area contributed by atoms with Crippen molar-refractivity contribution in [1.82, 2.24) is 25.4 Å². The summed E-state index contributed by atoms with van der Waals surface area (Å²) in [5, 5.41) is 11.0. The fraction of sp³-hybridized carbons (Fsp3) is 0.367. The molecule has 6 rings (SSSR count). The van der Waals surface area contributed by atoms with E-state index < -0.39 is 12.1 Å². The third kappa shape index (κ3) is 6.29. The number of rotatable bonds is 8. The summed E-state index contributed by atoms with van der Waals surface area (Å²) >= 11 is 1.29. The van der Waals surface area contributed by atoms with E-state index >= 15 is 0 Å². The molecule has 2 atom stereocenters. The summed E-state index contributed by atoms with van der Waals surface area (Å²) < 4.78 is 5.33. The van der Waals surface area contributed by atoms with Gasteiger partial charge in [0.05, 0.1) is 18.9 Å². The van der Waals surface area contributed by atoms with Crippen LogP contribution in [0.4, 0.5) is 9.93 Å². The van der Waals surface area contributed by atoms with Crippen molar-refractivity contribution in [3.8, 4) is 11.3 Å². The summed E-state index contributed by atoms with van der Waals surface area (Å²) in [7, 11) is 0. The van der Waals surface area contributed by atoms with Crippen molar-refractivity contribution in [2.75, 3.05) is 38.2 Å². The Morgan fingerprint density at radius 2 is 1.67 bits per heavy atom. The summed E-state index contributed by atoms with van der Waals surface area (Å²) in [6, 6.07) is 14.6. The number of carbonyl (C=O) groups is 4. The number of hydrogen-bond acceptors (Lipinski definition) is 7. The number of aromatic nitrogens is 1. The van der Waals surface area contributed by atoms with Crippen molar-refractivity contribution in [3.63, 3.8) is 0 Å². The lowest BCUT2D eigenvalue weighted by molar-refractivity contribution is -0.147. The fourth-order valence-electron chi connectivity index (χ4n) is 4.95. The molecule has 0 spiro atoms. The predicted octanol–water partition coefficient (Wildman–Crippen LogP) is 3.02. The molecular weight excluding hydrogens is 556 g/mol. The smallest absolute Gasteiger partial charge is 0.318 e. The summed E-state index contributed by atoms with van der Waals surface area (Å²) in [4.78, 5) is 59.8. The van der Waals surface area contributed by atoms with Gasteiger partial charge in [0.2, 0.25) is 5.91 Å². The molecule has 1 unspecified atom stereocenters. The third-order valence-corrected chi connectivity index (χ3v) is 8.40. The number of benzene rings is 2. The highest BCUT2D eigenvalue weighted by atomic mass is 32.1. The Labute approximate surface area is 247 Å². The highest BCUT2D eigenvalue weighted by molar-refractivity contribution is 7.14. The van der Waals surface area contributed by atoms with Crippen LogP contribution in [0.5, 0.6) is 0 Å². The molecule has 1 aromatic heterocycles. The van der Waals surface area contributed by atoms with Crippen LogP contribution in [-0.4, -0.2) is 83.5 Å². The number of ether oxygens (including phenoxy) is 1. The molecule has 12 heteroatoms. The molecule has 42 heavy (non-hydrogen) atoms. The van der Waals surface area contributed by atoms with Crippen molar-refractivity contribution < 1.29 is 23.9 Å². The lowest BCUT2D eigenvalue weighted by Crippen LogP contribution is -2.60. The first kappa shape index (κ1) is 27.9. The molecule has 1 aliphatic carbocycles. The molecule has 2 saturated heterocycles. The van der Waals surface area contributed by atoms with Gasteiger partial charge in [-0.3, -0.25) is 14.4 Å². The largest absolute Gasteiger partial charge is 0.378 e. The van der Waals surface area contributed by atoms with Gasteiger partial charge in [0, 0.05) is 42.2 Å². The van der Waals surface area contributed by atoms with Gasteiger partial charge in [-0.1, -0.05) is 42.5 Å². The van der Waals surface area contributed by atoms with E-state index in [9.17, 15) is 19.2 Å². The van der Waals surface area contributed by atoms with Crippen molar-refractivity contribution in [3.05, 3.63) is 71.1 Å². The maximum Gasteiger partial charge on any atom is 0.318 e. The molecule has 1 saturated carbocycles. The van der Waals surface area contributed by atoms with Gasteiger partial charge >= 0.3 is 6.03 Å². The van der Waals surface area contributed by atoms with E-state index in [1.807, 2.05) is 35.7 Å². The van der Waals surface area contributed by atoms with Gasteiger partial charge in [-0.05, 0) is 37.0 Å². The molecule has 218 valence electrons. The molecule has 0 bridgehead atoms. The Balaban J connectivity index is 1.09. The predicted molar refractivity (Wildman–Crippen MR) is 157 cm³/mol. The molecule has 3 aromatic rings. The normalized spacial score (nSPS) is 18.9. The van der Waals surface area contributed by atoms with Crippen molar-refractivity contribution in [2.45, 2.75) is 37.4 Å². The Hall–Kier alpha value is -4.29. The summed E-state index contributed by atoms with van der Waals surface area (Å²) in [5.41, 5.74) is 2.76. The fourth-order valence-corrected chi connectivity index (χ4v) is 5.67. The van der Waals surface area contributed by atoms with Crippen LogP contribution in [0.25, 0.3) is 11.3 Å². The average Bonchev–Trinajstić information content (AvgIpc) is 3.70. The maximum atomic E-state index is 13.7. The molecular formula is C30H32N6O5S. The van der Waals surface area contributed by atoms with Crippen LogP contribution in [0.15, 0.2) is 60.0 Å². The number of hydrogen-bond donors (Lipinski definition) is 3. The molecule has 3 fully saturated rings. The monoisotopic (exact) mass is 588 g/mol. The van der Waals surface area contributed by atoms with Crippen LogP contribution in [0.2, 0.25) is 0 Å². The zero-order chi connectivity index (χ0) is 29.1. The van der Waals surface area contributed by atoms with Gasteiger partial charge in [0.15, 0.2) is 5.13 Å². The number of likely N-dealkylation sites (tertiary alicyclic amines) is 1. The van der Waals surface area contributed by atoms with Gasteiger partial charge in [0.1, 0.15) is 12.1 Å². The highest BCUT2D eigenvalue weighted by Crippen LogP contribution is 2.29. The number of thiazole rings is 1. The first-order valence-electron chi connectivity index (χ1n) is 14.1. The van der Waals surface area contributed by atoms with E-state index in [0.29, 0.717) is 67.3 Å². The molecule has 2 aromatic carbocycles. The zero-order valence-corrected chi connectivity index (χ0v) is 23.8. The van der Waals surface area contributed by atoms with E-state index in [-0.39, 0.29) is 23.8 Å². The number of urea groups is 1. The number of nitrogens with one attached hydrogen (secondary N) is 3. The molecule has 3 aliphatic rings. The highest BCUT2D eigenvalue weighted by Gasteiger charge is 2.41. The molecule has 3 heterocycles. The zero-order valence-electron chi connectivity index (χ0n) is 23.0. The standard InChI is InChI=1S/C30H32N6O5S/c37-26(31-22-10-11-22)21-8-6-19(7-9-21)23-18-42-29(32-23)34-27(38)24-12-13-36(24)28(39)25(20-4-2-1-3-5-20)33-30(40)35-14-16-41-17-15-35/h1-9,18,22,24-25H,10-17H2,(H,31,37)(H,33,40)(H,32,34,38)/t24?,25-/m1/s1. The molecule has 3 N–H and O–H groups in total. The van der Waals surface area contributed by atoms with Crippen LogP contribution in [0, 0.1) is 0 Å². The number of anilines is 1. The number of nitrogens with zero attached hydrogens (tertiary/aromatic N) is 3. The Kier molecular flexibility index (Phi) is 8.15. The number of carbonyl (C=O) groups excluding carboxylic acids is 4. The molecule has 2 aliphatic heterocycles. The van der Waals surface area contributed by atoms with E-state index in [4.69, 9.17) is 4.74 Å². The maximum absolute atomic E-state index is 13.7. The van der Waals surface area contributed by atoms with Crippen LogP contribution in [0.1, 0.15) is 41.2 Å². The Morgan fingerprint density at radius 3 is 2.33 bits per heavy atom. The van der Waals surface area contributed by atoms with Gasteiger partial charge in [-0.2, -0.15) is 0 Å². The second-order valence-corrected chi connectivity index (χ2v) is 11.4. The van der Waals surface area contributed by atoms with Gasteiger partial charge < -0.3 is 30.5 Å². The van der Waals surface area contributed by atoms with Gasteiger partial charge in [-0.15, -0.1) is 11.3 Å². The Bertz CT molecular complexity index is 1450. The summed E-state index contributed by atoms with van der Waals surface area (Å²) in [6.45, 7) is 2.22. The van der Waals surface area contributed by atoms with Crippen molar-refractivity contribution >= 4 is 40.2 Å². The summed E-state index contributed by atoms with van der Waals surface area (Å²) in [6.07, 6.45) is 2.57. The van der Waals surface area contributed by atoms with E-state index in [1.54, 1.807) is 29.2 Å². The number of amides is 5. The molecule has 5 amide bonds. The first-order valence-corrected chi connectivity index (χ1v) is 15.0. The molecule has 11 nitrogen and oxygen atoms in total. The quantitative estimate of drug-likeness (QED) is 0.371. The van der Waals surface area contributed by atoms with E-state index in [1.165, 1.54) is 16.2 Å². The second kappa shape index (κ2) is 12.3. The topological polar surface area (TPSA) is 133 Å². The Morgan fingerprint density at radius 1 is 0.929 bits per heavy atom. The molecule has 0 radical (unpaired) electrons. The second-order valence-electron chi connectivity index (χ2n) is 10.6. The number of morpholine rings is 1. The van der Waals surface area contributed by atoms with Crippen LogP contribution in [-0.2, 0) is 14.3 Å². The SMILES string of the molecule is O=C(NC1CC1)c1ccc(-c2csc(NC(=O)C3CCN3C(=O)[C@H](NC(=O)N3CCOCC3)c3ccccc3)n2)cc1. The van der Waals surface area contributed by atoms with Gasteiger partial charge in [0.25, 0.3) is 11.8 Å². The lowest BCUT2D eigenvalue weighted by atomic mass is 9.97. The van der Waals surface area contributed by atoms with Gasteiger partial charge in [-0.25, -0.2) is 9.78 Å². The van der Waals surface area contributed by atoms with E-state index in [0.717, 1.165) is 18.4 Å². The van der Waals surface area contributed by atoms with Crippen LogP contribution >= 0.6 is 11.3 Å². The minimum absolute atomic E-state index is 0.0787.